The first-order valence-corrected chi connectivity index (χ1v) is 6.19. The van der Waals surface area contributed by atoms with Crippen LogP contribution in [-0.4, -0.2) is 31.1 Å². The molecule has 0 fully saturated rings. The second kappa shape index (κ2) is 5.50. The number of aryl methyl sites for hydroxylation is 1. The van der Waals surface area contributed by atoms with Crippen molar-refractivity contribution in [2.24, 2.45) is 7.05 Å². The number of aromatic nitrogens is 2. The third-order valence-electron chi connectivity index (χ3n) is 2.97. The van der Waals surface area contributed by atoms with Crippen molar-refractivity contribution >= 4 is 17.4 Å². The number of ether oxygens (including phenoxy) is 3. The zero-order valence-corrected chi connectivity index (χ0v) is 12.5. The van der Waals surface area contributed by atoms with E-state index in [1.807, 2.05) is 0 Å². The fraction of sp³-hybridized carbons (Fsp3) is 0.308. The van der Waals surface area contributed by atoms with Gasteiger partial charge in [-0.3, -0.25) is 4.68 Å². The zero-order chi connectivity index (χ0) is 14.9. The molecular formula is C13H16ClN3O3. The molecule has 0 saturated heterocycles. The van der Waals surface area contributed by atoms with Gasteiger partial charge in [-0.25, -0.2) is 0 Å². The molecule has 0 bridgehead atoms. The molecule has 2 aromatic rings. The Morgan fingerprint density at radius 2 is 1.75 bits per heavy atom. The highest BCUT2D eigenvalue weighted by Gasteiger charge is 2.22. The van der Waals surface area contributed by atoms with Crippen LogP contribution in [0.25, 0.3) is 11.3 Å². The number of benzene rings is 1. The van der Waals surface area contributed by atoms with E-state index in [2.05, 4.69) is 5.10 Å². The van der Waals surface area contributed by atoms with Crippen molar-refractivity contribution in [1.29, 1.82) is 0 Å². The highest BCUT2D eigenvalue weighted by molar-refractivity contribution is 6.35. The Hall–Kier alpha value is -2.08. The minimum absolute atomic E-state index is 0.363. The van der Waals surface area contributed by atoms with Crippen molar-refractivity contribution < 1.29 is 14.2 Å². The van der Waals surface area contributed by atoms with E-state index in [4.69, 9.17) is 31.5 Å². The molecule has 20 heavy (non-hydrogen) atoms. The van der Waals surface area contributed by atoms with E-state index in [1.165, 1.54) is 14.2 Å². The van der Waals surface area contributed by atoms with Crippen molar-refractivity contribution in [2.75, 3.05) is 27.1 Å². The van der Waals surface area contributed by atoms with Crippen LogP contribution < -0.4 is 19.9 Å². The highest BCUT2D eigenvalue weighted by atomic mass is 35.5. The lowest BCUT2D eigenvalue weighted by Gasteiger charge is -2.15. The van der Waals surface area contributed by atoms with Crippen LogP contribution in [0, 0.1) is 0 Å². The monoisotopic (exact) mass is 297 g/mol. The molecule has 2 N–H and O–H groups in total. The minimum Gasteiger partial charge on any atom is -0.496 e. The number of anilines is 1. The number of methoxy groups -OCH3 is 3. The van der Waals surface area contributed by atoms with Gasteiger partial charge < -0.3 is 19.9 Å². The molecule has 0 atom stereocenters. The standard InChI is InChI=1S/C13H16ClN3O3/c1-17-10(15)5-7(16-17)11-8(18-2)6-9(19-3)13(20-4)12(11)14/h5-6H,15H2,1-4H3. The van der Waals surface area contributed by atoms with E-state index in [-0.39, 0.29) is 0 Å². The normalized spacial score (nSPS) is 10.4. The summed E-state index contributed by atoms with van der Waals surface area (Å²) in [5.41, 5.74) is 7.02. The van der Waals surface area contributed by atoms with Gasteiger partial charge in [-0.15, -0.1) is 0 Å². The summed E-state index contributed by atoms with van der Waals surface area (Å²) in [6.07, 6.45) is 0. The molecular weight excluding hydrogens is 282 g/mol. The molecule has 6 nitrogen and oxygen atoms in total. The molecule has 1 heterocycles. The fourth-order valence-corrected chi connectivity index (χ4v) is 2.29. The van der Waals surface area contributed by atoms with Gasteiger partial charge in [0.15, 0.2) is 11.5 Å². The molecule has 0 spiro atoms. The quantitative estimate of drug-likeness (QED) is 0.938. The Morgan fingerprint density at radius 1 is 1.10 bits per heavy atom. The van der Waals surface area contributed by atoms with Crippen molar-refractivity contribution in [3.8, 4) is 28.5 Å². The topological polar surface area (TPSA) is 71.5 Å². The largest absolute Gasteiger partial charge is 0.496 e. The van der Waals surface area contributed by atoms with Crippen LogP contribution in [-0.2, 0) is 7.05 Å². The van der Waals surface area contributed by atoms with Crippen LogP contribution in [0.2, 0.25) is 5.02 Å². The second-order valence-corrected chi connectivity index (χ2v) is 4.46. The Bertz CT molecular complexity index is 621. The summed E-state index contributed by atoms with van der Waals surface area (Å²) in [4.78, 5) is 0. The first kappa shape index (κ1) is 14.3. The smallest absolute Gasteiger partial charge is 0.180 e. The average molecular weight is 298 g/mol. The number of halogens is 1. The number of nitrogen functional groups attached to an aromatic ring is 1. The molecule has 0 aliphatic rings. The average Bonchev–Trinajstić information content (AvgIpc) is 2.76. The molecule has 0 unspecified atom stereocenters. The summed E-state index contributed by atoms with van der Waals surface area (Å²) in [6, 6.07) is 3.42. The van der Waals surface area contributed by atoms with Crippen molar-refractivity contribution in [3.05, 3.63) is 17.2 Å². The Morgan fingerprint density at radius 3 is 2.20 bits per heavy atom. The van der Waals surface area contributed by atoms with Crippen LogP contribution in [0.5, 0.6) is 17.2 Å². The molecule has 2 rings (SSSR count). The van der Waals surface area contributed by atoms with E-state index in [0.717, 1.165) is 0 Å². The molecule has 0 aliphatic heterocycles. The molecule has 0 radical (unpaired) electrons. The van der Waals surface area contributed by atoms with Gasteiger partial charge in [-0.2, -0.15) is 5.10 Å². The lowest BCUT2D eigenvalue weighted by atomic mass is 10.1. The van der Waals surface area contributed by atoms with E-state index in [0.29, 0.717) is 39.3 Å². The maximum absolute atomic E-state index is 6.40. The van der Waals surface area contributed by atoms with Crippen molar-refractivity contribution in [1.82, 2.24) is 9.78 Å². The Kier molecular flexibility index (Phi) is 3.94. The van der Waals surface area contributed by atoms with Gasteiger partial charge in [0, 0.05) is 19.2 Å². The second-order valence-electron chi connectivity index (χ2n) is 4.08. The summed E-state index contributed by atoms with van der Waals surface area (Å²) in [5, 5.41) is 4.67. The predicted octanol–water partition coefficient (Wildman–Crippen LogP) is 2.35. The number of hydrogen-bond donors (Lipinski definition) is 1. The van der Waals surface area contributed by atoms with E-state index >= 15 is 0 Å². The van der Waals surface area contributed by atoms with Gasteiger partial charge in [0.05, 0.1) is 37.6 Å². The van der Waals surface area contributed by atoms with Gasteiger partial charge >= 0.3 is 0 Å². The van der Waals surface area contributed by atoms with Gasteiger partial charge in [0.2, 0.25) is 0 Å². The van der Waals surface area contributed by atoms with Crippen molar-refractivity contribution in [3.63, 3.8) is 0 Å². The van der Waals surface area contributed by atoms with Gasteiger partial charge in [0.1, 0.15) is 11.6 Å². The van der Waals surface area contributed by atoms with E-state index < -0.39 is 0 Å². The zero-order valence-electron chi connectivity index (χ0n) is 11.7. The molecule has 0 amide bonds. The maximum atomic E-state index is 6.40. The fourth-order valence-electron chi connectivity index (χ4n) is 1.93. The maximum Gasteiger partial charge on any atom is 0.180 e. The van der Waals surface area contributed by atoms with Gasteiger partial charge in [0.25, 0.3) is 0 Å². The molecule has 1 aromatic heterocycles. The molecule has 7 heteroatoms. The molecule has 108 valence electrons. The summed E-state index contributed by atoms with van der Waals surface area (Å²) in [5.74, 6) is 1.97. The molecule has 0 aliphatic carbocycles. The number of rotatable bonds is 4. The van der Waals surface area contributed by atoms with Gasteiger partial charge in [-0.1, -0.05) is 11.6 Å². The predicted molar refractivity (Wildman–Crippen MR) is 77.7 cm³/mol. The van der Waals surface area contributed by atoms with Crippen molar-refractivity contribution in [2.45, 2.75) is 0 Å². The van der Waals surface area contributed by atoms with E-state index in [1.54, 1.807) is 31.0 Å². The summed E-state index contributed by atoms with van der Waals surface area (Å²) in [7, 11) is 6.35. The Balaban J connectivity index is 2.73. The SMILES string of the molecule is COc1cc(OC)c(-c2cc(N)n(C)n2)c(Cl)c1OC. The minimum atomic E-state index is 0.363. The molecule has 1 aromatic carbocycles. The summed E-state index contributed by atoms with van der Waals surface area (Å²) >= 11 is 6.40. The lowest BCUT2D eigenvalue weighted by molar-refractivity contribution is 0.349. The highest BCUT2D eigenvalue weighted by Crippen LogP contribution is 2.47. The van der Waals surface area contributed by atoms with Crippen LogP contribution in [0.1, 0.15) is 0 Å². The first-order valence-electron chi connectivity index (χ1n) is 5.81. The van der Waals surface area contributed by atoms with Crippen LogP contribution >= 0.6 is 11.6 Å². The van der Waals surface area contributed by atoms with Crippen LogP contribution in [0.15, 0.2) is 12.1 Å². The number of nitrogens with zero attached hydrogens (tertiary/aromatic N) is 2. The molecule has 0 saturated carbocycles. The van der Waals surface area contributed by atoms with Crippen LogP contribution in [0.3, 0.4) is 0 Å². The lowest BCUT2D eigenvalue weighted by Crippen LogP contribution is -1.98. The first-order chi connectivity index (χ1) is 9.53. The summed E-state index contributed by atoms with van der Waals surface area (Å²) in [6.45, 7) is 0. The summed E-state index contributed by atoms with van der Waals surface area (Å²) < 4.78 is 17.4. The number of hydrogen-bond acceptors (Lipinski definition) is 5. The Labute approximate surface area is 122 Å². The van der Waals surface area contributed by atoms with E-state index in [9.17, 15) is 0 Å². The van der Waals surface area contributed by atoms with Crippen LogP contribution in [0.4, 0.5) is 5.82 Å². The number of nitrogens with two attached hydrogens (primary N) is 1. The third-order valence-corrected chi connectivity index (χ3v) is 3.33. The third kappa shape index (κ3) is 2.22. The van der Waals surface area contributed by atoms with Gasteiger partial charge in [-0.05, 0) is 0 Å².